The van der Waals surface area contributed by atoms with Crippen molar-refractivity contribution in [2.45, 2.75) is 13.5 Å². The van der Waals surface area contributed by atoms with E-state index in [1.807, 2.05) is 37.3 Å². The summed E-state index contributed by atoms with van der Waals surface area (Å²) in [6.07, 6.45) is 1.37. The van der Waals surface area contributed by atoms with E-state index >= 15 is 0 Å². The van der Waals surface area contributed by atoms with Gasteiger partial charge in [0.05, 0.1) is 17.3 Å². The van der Waals surface area contributed by atoms with Crippen LogP contribution in [0, 0.1) is 6.92 Å². The van der Waals surface area contributed by atoms with Crippen molar-refractivity contribution in [2.24, 2.45) is 5.73 Å². The lowest BCUT2D eigenvalue weighted by molar-refractivity contribution is -0.116. The van der Waals surface area contributed by atoms with Crippen LogP contribution in [-0.2, 0) is 11.3 Å². The van der Waals surface area contributed by atoms with Crippen molar-refractivity contribution in [1.82, 2.24) is 9.55 Å². The number of hydrogen-bond donors (Lipinski definition) is 2. The first kappa shape index (κ1) is 19.0. The molecule has 3 aromatic heterocycles. The summed E-state index contributed by atoms with van der Waals surface area (Å²) in [4.78, 5) is 43.0. The Balaban J connectivity index is 1.69. The molecule has 9 heteroatoms. The first-order chi connectivity index (χ1) is 14.0. The lowest BCUT2D eigenvalue weighted by Crippen LogP contribution is -2.28. The minimum absolute atomic E-state index is 0.221. The Morgan fingerprint density at radius 1 is 1.21 bits per heavy atom. The van der Waals surface area contributed by atoms with Crippen molar-refractivity contribution in [1.29, 1.82) is 0 Å². The average Bonchev–Trinajstić information content (AvgIpc) is 3.29. The largest absolute Gasteiger partial charge is 0.366 e. The van der Waals surface area contributed by atoms with E-state index in [1.165, 1.54) is 33.6 Å². The summed E-state index contributed by atoms with van der Waals surface area (Å²) in [5.41, 5.74) is 7.03. The van der Waals surface area contributed by atoms with Gasteiger partial charge in [0.15, 0.2) is 0 Å². The maximum absolute atomic E-state index is 13.1. The Hall–Kier alpha value is -3.30. The lowest BCUT2D eigenvalue weighted by atomic mass is 10.0. The van der Waals surface area contributed by atoms with Crippen molar-refractivity contribution in [3.8, 4) is 11.1 Å². The molecule has 2 amide bonds. The number of carbonyl (C=O) groups excluding carboxylic acids is 2. The number of nitrogens with two attached hydrogens (primary N) is 1. The van der Waals surface area contributed by atoms with Crippen molar-refractivity contribution >= 4 is 49.7 Å². The van der Waals surface area contributed by atoms with Crippen LogP contribution in [0.4, 0.5) is 5.00 Å². The molecule has 0 unspecified atom stereocenters. The average molecular weight is 425 g/mol. The predicted octanol–water partition coefficient (Wildman–Crippen LogP) is 3.23. The highest BCUT2D eigenvalue weighted by atomic mass is 32.1. The predicted molar refractivity (Wildman–Crippen MR) is 116 cm³/mol. The Kier molecular flexibility index (Phi) is 4.99. The van der Waals surface area contributed by atoms with E-state index in [4.69, 9.17) is 5.73 Å². The molecule has 146 valence electrons. The van der Waals surface area contributed by atoms with Gasteiger partial charge in [-0.25, -0.2) is 4.98 Å². The number of hydrogen-bond acceptors (Lipinski definition) is 6. The third kappa shape index (κ3) is 3.57. The van der Waals surface area contributed by atoms with Gasteiger partial charge in [0.2, 0.25) is 5.91 Å². The number of fused-ring (bicyclic) bond motifs is 1. The van der Waals surface area contributed by atoms with E-state index in [0.717, 1.165) is 16.0 Å². The SMILES string of the molecule is Cc1sc2ncn(CC(=O)Nc3sccc3C(N)=O)c(=O)c2c1-c1ccccc1. The van der Waals surface area contributed by atoms with E-state index in [1.54, 1.807) is 11.4 Å². The molecule has 3 heterocycles. The second-order valence-electron chi connectivity index (χ2n) is 6.33. The van der Waals surface area contributed by atoms with Gasteiger partial charge < -0.3 is 11.1 Å². The molecule has 0 aliphatic heterocycles. The number of nitrogens with one attached hydrogen (secondary N) is 1. The molecule has 0 spiro atoms. The van der Waals surface area contributed by atoms with Gasteiger partial charge in [-0.3, -0.25) is 19.0 Å². The zero-order valence-corrected chi connectivity index (χ0v) is 17.0. The number of benzene rings is 1. The summed E-state index contributed by atoms with van der Waals surface area (Å²) in [6, 6.07) is 11.2. The third-order valence-electron chi connectivity index (χ3n) is 4.41. The molecular formula is C20H16N4O3S2. The number of primary amides is 1. The highest BCUT2D eigenvalue weighted by Gasteiger charge is 2.18. The second-order valence-corrected chi connectivity index (χ2v) is 8.45. The Morgan fingerprint density at radius 3 is 2.69 bits per heavy atom. The molecule has 0 saturated carbocycles. The van der Waals surface area contributed by atoms with E-state index in [-0.39, 0.29) is 17.7 Å². The van der Waals surface area contributed by atoms with Crippen LogP contribution in [0.3, 0.4) is 0 Å². The second kappa shape index (κ2) is 7.61. The Morgan fingerprint density at radius 2 is 1.97 bits per heavy atom. The fraction of sp³-hybridized carbons (Fsp3) is 0.100. The van der Waals surface area contributed by atoms with Crippen LogP contribution in [0.25, 0.3) is 21.3 Å². The minimum Gasteiger partial charge on any atom is -0.366 e. The number of anilines is 1. The fourth-order valence-electron chi connectivity index (χ4n) is 3.12. The molecule has 7 nitrogen and oxygen atoms in total. The third-order valence-corrected chi connectivity index (χ3v) is 6.26. The molecule has 4 rings (SSSR count). The molecule has 0 atom stereocenters. The molecule has 0 bridgehead atoms. The molecule has 0 fully saturated rings. The van der Waals surface area contributed by atoms with Crippen LogP contribution in [0.2, 0.25) is 0 Å². The lowest BCUT2D eigenvalue weighted by Gasteiger charge is -2.08. The highest BCUT2D eigenvalue weighted by Crippen LogP contribution is 2.35. The molecule has 29 heavy (non-hydrogen) atoms. The van der Waals surface area contributed by atoms with Gasteiger partial charge in [-0.15, -0.1) is 22.7 Å². The maximum Gasteiger partial charge on any atom is 0.263 e. The molecule has 1 aromatic carbocycles. The number of amides is 2. The number of aryl methyl sites for hydroxylation is 1. The topological polar surface area (TPSA) is 107 Å². The van der Waals surface area contributed by atoms with Gasteiger partial charge in [0.25, 0.3) is 11.5 Å². The highest BCUT2D eigenvalue weighted by molar-refractivity contribution is 7.19. The van der Waals surface area contributed by atoms with E-state index in [2.05, 4.69) is 10.3 Å². The number of carbonyl (C=O) groups is 2. The van der Waals surface area contributed by atoms with Crippen LogP contribution in [-0.4, -0.2) is 21.4 Å². The van der Waals surface area contributed by atoms with Gasteiger partial charge in [-0.05, 0) is 23.9 Å². The van der Waals surface area contributed by atoms with Gasteiger partial charge in [0, 0.05) is 10.4 Å². The van der Waals surface area contributed by atoms with Gasteiger partial charge >= 0.3 is 0 Å². The Labute approximate surface area is 173 Å². The summed E-state index contributed by atoms with van der Waals surface area (Å²) < 4.78 is 1.27. The summed E-state index contributed by atoms with van der Waals surface area (Å²) in [6.45, 7) is 1.73. The molecule has 0 aliphatic rings. The van der Waals surface area contributed by atoms with Crippen LogP contribution in [0.5, 0.6) is 0 Å². The number of rotatable bonds is 5. The quantitative estimate of drug-likeness (QED) is 0.513. The van der Waals surface area contributed by atoms with Gasteiger partial charge in [-0.2, -0.15) is 0 Å². The Bertz CT molecular complexity index is 1290. The summed E-state index contributed by atoms with van der Waals surface area (Å²) in [7, 11) is 0. The normalized spacial score (nSPS) is 10.9. The monoisotopic (exact) mass is 424 g/mol. The van der Waals surface area contributed by atoms with Crippen LogP contribution >= 0.6 is 22.7 Å². The zero-order chi connectivity index (χ0) is 20.5. The van der Waals surface area contributed by atoms with Crippen molar-refractivity contribution in [3.63, 3.8) is 0 Å². The first-order valence-electron chi connectivity index (χ1n) is 8.67. The standard InChI is InChI=1S/C20H16N4O3S2/c1-11-15(12-5-3-2-4-6-12)16-19(29-11)22-10-24(20(16)27)9-14(25)23-18-13(17(21)26)7-8-28-18/h2-8,10H,9H2,1H3,(H2,21,26)(H,23,25). The molecular weight excluding hydrogens is 408 g/mol. The van der Waals surface area contributed by atoms with Gasteiger partial charge in [-0.1, -0.05) is 30.3 Å². The molecule has 3 N–H and O–H groups in total. The van der Waals surface area contributed by atoms with Crippen molar-refractivity contribution in [3.05, 3.63) is 68.9 Å². The molecule has 0 radical (unpaired) electrons. The zero-order valence-electron chi connectivity index (χ0n) is 15.3. The van der Waals surface area contributed by atoms with E-state index < -0.39 is 11.8 Å². The molecule has 0 saturated heterocycles. The summed E-state index contributed by atoms with van der Waals surface area (Å²) in [5, 5.41) is 5.17. The van der Waals surface area contributed by atoms with Crippen LogP contribution in [0.15, 0.2) is 52.9 Å². The number of aromatic nitrogens is 2. The summed E-state index contributed by atoms with van der Waals surface area (Å²) in [5.74, 6) is -1.06. The van der Waals surface area contributed by atoms with E-state index in [9.17, 15) is 14.4 Å². The maximum atomic E-state index is 13.1. The van der Waals surface area contributed by atoms with Crippen LogP contribution in [0.1, 0.15) is 15.2 Å². The molecule has 0 aliphatic carbocycles. The fourth-order valence-corrected chi connectivity index (χ4v) is 4.94. The van der Waals surface area contributed by atoms with Crippen LogP contribution < -0.4 is 16.6 Å². The minimum atomic E-state index is -0.622. The van der Waals surface area contributed by atoms with Gasteiger partial charge in [0.1, 0.15) is 16.4 Å². The molecule has 4 aromatic rings. The smallest absolute Gasteiger partial charge is 0.263 e. The number of thiophene rings is 2. The van der Waals surface area contributed by atoms with Crippen molar-refractivity contribution in [2.75, 3.05) is 5.32 Å². The first-order valence-corrected chi connectivity index (χ1v) is 10.4. The number of nitrogens with zero attached hydrogens (tertiary/aromatic N) is 2. The van der Waals surface area contributed by atoms with Crippen molar-refractivity contribution < 1.29 is 9.59 Å². The van der Waals surface area contributed by atoms with E-state index in [0.29, 0.717) is 15.2 Å². The summed E-state index contributed by atoms with van der Waals surface area (Å²) >= 11 is 2.64.